The molecule has 0 bridgehead atoms. The van der Waals surface area contributed by atoms with Crippen molar-refractivity contribution in [3.8, 4) is 11.5 Å². The van der Waals surface area contributed by atoms with Crippen molar-refractivity contribution in [3.05, 3.63) is 53.6 Å². The molecule has 0 radical (unpaired) electrons. The normalized spacial score (nSPS) is 10.7. The number of benzene rings is 2. The maximum Gasteiger partial charge on any atom is 0.268 e. The number of methoxy groups -OCH3 is 2. The van der Waals surface area contributed by atoms with Crippen LogP contribution in [0, 0.1) is 0 Å². The fraction of sp³-hybridized carbons (Fsp3) is 0.176. The van der Waals surface area contributed by atoms with Gasteiger partial charge in [0.05, 0.1) is 24.7 Å². The highest BCUT2D eigenvalue weighted by Crippen LogP contribution is 2.25. The minimum atomic E-state index is -4.12. The Labute approximate surface area is 151 Å². The van der Waals surface area contributed by atoms with Crippen LogP contribution >= 0.6 is 0 Å². The second-order valence-electron chi connectivity index (χ2n) is 5.10. The van der Waals surface area contributed by atoms with E-state index in [0.717, 1.165) is 0 Å². The van der Waals surface area contributed by atoms with Crippen LogP contribution in [0.3, 0.4) is 0 Å². The van der Waals surface area contributed by atoms with Gasteiger partial charge in [0.25, 0.3) is 21.8 Å². The summed E-state index contributed by atoms with van der Waals surface area (Å²) in [4.78, 5) is 23.7. The molecule has 138 valence electrons. The second kappa shape index (κ2) is 7.87. The molecule has 0 saturated carbocycles. The molecule has 0 aliphatic carbocycles. The van der Waals surface area contributed by atoms with Gasteiger partial charge in [-0.25, -0.2) is 13.1 Å². The van der Waals surface area contributed by atoms with Crippen molar-refractivity contribution in [3.63, 3.8) is 0 Å². The van der Waals surface area contributed by atoms with Gasteiger partial charge in [-0.3, -0.25) is 9.59 Å². The number of ether oxygens (including phenoxy) is 2. The van der Waals surface area contributed by atoms with Crippen LogP contribution in [0.1, 0.15) is 20.7 Å². The molecule has 26 heavy (non-hydrogen) atoms. The largest absolute Gasteiger partial charge is 0.497 e. The average Bonchev–Trinajstić information content (AvgIpc) is 2.66. The molecule has 2 aromatic rings. The summed E-state index contributed by atoms with van der Waals surface area (Å²) in [5.41, 5.74) is 0.341. The van der Waals surface area contributed by atoms with Crippen molar-refractivity contribution in [2.45, 2.75) is 4.90 Å². The number of carbonyl (C=O) groups is 2. The van der Waals surface area contributed by atoms with Crippen LogP contribution < -0.4 is 19.5 Å². The van der Waals surface area contributed by atoms with E-state index in [1.807, 2.05) is 4.72 Å². The molecule has 2 rings (SSSR count). The summed E-state index contributed by atoms with van der Waals surface area (Å²) in [6.45, 7) is 0. The average molecular weight is 378 g/mol. The molecule has 2 N–H and O–H groups in total. The van der Waals surface area contributed by atoms with Gasteiger partial charge in [-0.2, -0.15) is 0 Å². The zero-order chi connectivity index (χ0) is 19.3. The summed E-state index contributed by atoms with van der Waals surface area (Å²) >= 11 is 0. The first-order valence-electron chi connectivity index (χ1n) is 7.43. The summed E-state index contributed by atoms with van der Waals surface area (Å²) in [6.07, 6.45) is 0. The number of carbonyl (C=O) groups excluding carboxylic acids is 2. The van der Waals surface area contributed by atoms with Gasteiger partial charge in [-0.15, -0.1) is 0 Å². The van der Waals surface area contributed by atoms with Gasteiger partial charge in [0.1, 0.15) is 11.5 Å². The van der Waals surface area contributed by atoms with Crippen LogP contribution in [-0.4, -0.2) is 41.5 Å². The number of nitrogens with one attached hydrogen (secondary N) is 2. The van der Waals surface area contributed by atoms with E-state index in [0.29, 0.717) is 11.3 Å². The van der Waals surface area contributed by atoms with Crippen molar-refractivity contribution in [2.24, 2.45) is 0 Å². The van der Waals surface area contributed by atoms with Gasteiger partial charge in [-0.1, -0.05) is 0 Å². The lowest BCUT2D eigenvalue weighted by Gasteiger charge is -2.11. The monoisotopic (exact) mass is 378 g/mol. The summed E-state index contributed by atoms with van der Waals surface area (Å²) in [6, 6.07) is 9.58. The van der Waals surface area contributed by atoms with E-state index < -0.39 is 15.9 Å². The fourth-order valence-corrected chi connectivity index (χ4v) is 3.12. The third kappa shape index (κ3) is 4.12. The maximum absolute atomic E-state index is 12.4. The minimum Gasteiger partial charge on any atom is -0.497 e. The molecule has 0 atom stereocenters. The predicted octanol–water partition coefficient (Wildman–Crippen LogP) is 1.18. The Kier molecular flexibility index (Phi) is 5.83. The standard InChI is InChI=1S/C17H18N2O6S/c1-18-16(20)11-4-7-13(8-5-11)26(22,23)19-17(21)14-9-6-12(24-2)10-15(14)25-3/h4-10H,1-3H3,(H,18,20)(H,19,21). The third-order valence-corrected chi connectivity index (χ3v) is 4.88. The van der Waals surface area contributed by atoms with E-state index in [9.17, 15) is 18.0 Å². The van der Waals surface area contributed by atoms with Gasteiger partial charge in [0, 0.05) is 18.7 Å². The van der Waals surface area contributed by atoms with Gasteiger partial charge in [0.15, 0.2) is 0 Å². The number of hydrogen-bond acceptors (Lipinski definition) is 6. The topological polar surface area (TPSA) is 111 Å². The molecule has 0 aromatic heterocycles. The molecule has 2 amide bonds. The third-order valence-electron chi connectivity index (χ3n) is 3.53. The van der Waals surface area contributed by atoms with Gasteiger partial charge >= 0.3 is 0 Å². The highest BCUT2D eigenvalue weighted by Gasteiger charge is 2.21. The minimum absolute atomic E-state index is 0.0406. The first kappa shape index (κ1) is 19.3. The van der Waals surface area contributed by atoms with Gasteiger partial charge < -0.3 is 14.8 Å². The molecular formula is C17H18N2O6S. The first-order chi connectivity index (χ1) is 12.3. The Hall–Kier alpha value is -3.07. The van der Waals surface area contributed by atoms with Crippen LogP contribution in [-0.2, 0) is 10.0 Å². The number of hydrogen-bond donors (Lipinski definition) is 2. The SMILES string of the molecule is CNC(=O)c1ccc(S(=O)(=O)NC(=O)c2ccc(OC)cc2OC)cc1. The number of amides is 2. The molecular weight excluding hydrogens is 360 g/mol. The molecule has 0 heterocycles. The molecule has 0 saturated heterocycles. The van der Waals surface area contributed by atoms with E-state index in [1.54, 1.807) is 0 Å². The van der Waals surface area contributed by atoms with E-state index in [2.05, 4.69) is 5.32 Å². The van der Waals surface area contributed by atoms with Crippen molar-refractivity contribution in [2.75, 3.05) is 21.3 Å². The van der Waals surface area contributed by atoms with Crippen LogP contribution in [0.4, 0.5) is 0 Å². The van der Waals surface area contributed by atoms with Gasteiger partial charge in [0.2, 0.25) is 0 Å². The molecule has 0 fully saturated rings. The molecule has 0 aliphatic heterocycles. The zero-order valence-electron chi connectivity index (χ0n) is 14.4. The van der Waals surface area contributed by atoms with E-state index in [1.165, 1.54) is 63.7 Å². The Balaban J connectivity index is 2.26. The van der Waals surface area contributed by atoms with E-state index in [4.69, 9.17) is 9.47 Å². The number of rotatable bonds is 6. The van der Waals surface area contributed by atoms with E-state index >= 15 is 0 Å². The molecule has 0 spiro atoms. The van der Waals surface area contributed by atoms with Crippen LogP contribution in [0.2, 0.25) is 0 Å². The Morgan fingerprint density at radius 2 is 1.58 bits per heavy atom. The lowest BCUT2D eigenvalue weighted by Crippen LogP contribution is -2.31. The van der Waals surface area contributed by atoms with Crippen LogP contribution in [0.25, 0.3) is 0 Å². The maximum atomic E-state index is 12.4. The molecule has 0 aliphatic rings. The second-order valence-corrected chi connectivity index (χ2v) is 6.79. The molecule has 2 aromatic carbocycles. The van der Waals surface area contributed by atoms with Crippen molar-refractivity contribution in [1.82, 2.24) is 10.0 Å². The Morgan fingerprint density at radius 1 is 0.923 bits per heavy atom. The highest BCUT2D eigenvalue weighted by atomic mass is 32.2. The summed E-state index contributed by atoms with van der Waals surface area (Å²) < 4.78 is 36.9. The van der Waals surface area contributed by atoms with Crippen LogP contribution in [0.5, 0.6) is 11.5 Å². The fourth-order valence-electron chi connectivity index (χ4n) is 2.15. The molecule has 9 heteroatoms. The number of sulfonamides is 1. The van der Waals surface area contributed by atoms with Gasteiger partial charge in [-0.05, 0) is 36.4 Å². The quantitative estimate of drug-likeness (QED) is 0.781. The van der Waals surface area contributed by atoms with E-state index in [-0.39, 0.29) is 22.1 Å². The first-order valence-corrected chi connectivity index (χ1v) is 8.92. The molecule has 0 unspecified atom stereocenters. The lowest BCUT2D eigenvalue weighted by atomic mass is 10.2. The smallest absolute Gasteiger partial charge is 0.268 e. The summed E-state index contributed by atoms with van der Waals surface area (Å²) in [7, 11) is 0.171. The Morgan fingerprint density at radius 3 is 2.12 bits per heavy atom. The lowest BCUT2D eigenvalue weighted by molar-refractivity contribution is 0.0958. The Bertz CT molecular complexity index is 923. The van der Waals surface area contributed by atoms with Crippen molar-refractivity contribution in [1.29, 1.82) is 0 Å². The van der Waals surface area contributed by atoms with Crippen LogP contribution in [0.15, 0.2) is 47.4 Å². The summed E-state index contributed by atoms with van der Waals surface area (Å²) in [5, 5.41) is 2.43. The van der Waals surface area contributed by atoms with Crippen molar-refractivity contribution < 1.29 is 27.5 Å². The highest BCUT2D eigenvalue weighted by molar-refractivity contribution is 7.90. The zero-order valence-corrected chi connectivity index (χ0v) is 15.2. The summed E-state index contributed by atoms with van der Waals surface area (Å²) in [5.74, 6) is -0.557. The predicted molar refractivity (Wildman–Crippen MR) is 94.0 cm³/mol. The van der Waals surface area contributed by atoms with Crippen molar-refractivity contribution >= 4 is 21.8 Å². The molecule has 8 nitrogen and oxygen atoms in total.